The summed E-state index contributed by atoms with van der Waals surface area (Å²) < 4.78 is 0.954. The molecule has 0 spiro atoms. The van der Waals surface area contributed by atoms with Crippen molar-refractivity contribution >= 4 is 17.3 Å². The Bertz CT molecular complexity index is 973. The van der Waals surface area contributed by atoms with Gasteiger partial charge in [0.25, 0.3) is 5.56 Å². The number of nitrogens with one attached hydrogen (secondary N) is 2. The molecule has 0 amide bonds. The maximum absolute atomic E-state index is 13.0. The summed E-state index contributed by atoms with van der Waals surface area (Å²) in [4.78, 5) is 33.1. The number of nitrogens with zero attached hydrogens (tertiary/aromatic N) is 2. The Labute approximate surface area is 174 Å². The standard InChI is InChI=1S/C21H27ClN4O3/c1-2-17(23-11-6-14-25-12-4-3-5-13-25)18-19(27)24-21(29)26(20(18)28)16-9-7-15(22)8-10-16/h7-10,28H,2-6,11-14H2,1H3,(H,24,27,29). The summed E-state index contributed by atoms with van der Waals surface area (Å²) in [6, 6.07) is 6.31. The van der Waals surface area contributed by atoms with E-state index in [0.717, 1.165) is 17.5 Å². The molecule has 0 aliphatic carbocycles. The van der Waals surface area contributed by atoms with E-state index in [-0.39, 0.29) is 5.56 Å². The summed E-state index contributed by atoms with van der Waals surface area (Å²) in [6.45, 7) is 5.88. The lowest BCUT2D eigenvalue weighted by Crippen LogP contribution is -3.12. The number of benzene rings is 1. The van der Waals surface area contributed by atoms with Crippen molar-refractivity contribution < 1.29 is 10.0 Å². The summed E-state index contributed by atoms with van der Waals surface area (Å²) in [5.74, 6) is -0.650. The van der Waals surface area contributed by atoms with Crippen LogP contribution in [0.5, 0.6) is 5.88 Å². The minimum Gasteiger partial charge on any atom is -0.859 e. The second kappa shape index (κ2) is 9.89. The number of likely N-dealkylation sites (tertiary alicyclic amines) is 1. The van der Waals surface area contributed by atoms with Crippen molar-refractivity contribution in [3.05, 3.63) is 55.7 Å². The van der Waals surface area contributed by atoms with Gasteiger partial charge in [0.2, 0.25) is 0 Å². The van der Waals surface area contributed by atoms with E-state index in [1.165, 1.54) is 32.4 Å². The number of halogens is 1. The molecule has 3 rings (SSSR count). The second-order valence-corrected chi connectivity index (χ2v) is 7.78. The van der Waals surface area contributed by atoms with Crippen LogP contribution >= 0.6 is 11.6 Å². The zero-order valence-electron chi connectivity index (χ0n) is 16.7. The molecule has 2 heterocycles. The van der Waals surface area contributed by atoms with Crippen molar-refractivity contribution in [2.75, 3.05) is 26.2 Å². The number of aliphatic imine (C=N–C) groups is 1. The molecular weight excluding hydrogens is 392 g/mol. The van der Waals surface area contributed by atoms with Crippen molar-refractivity contribution in [3.8, 4) is 11.6 Å². The average molecular weight is 419 g/mol. The molecule has 2 N–H and O–H groups in total. The molecule has 8 heteroatoms. The normalized spacial score (nSPS) is 15.6. The number of hydrogen-bond donors (Lipinski definition) is 2. The Balaban J connectivity index is 1.85. The zero-order chi connectivity index (χ0) is 20.8. The number of rotatable bonds is 7. The summed E-state index contributed by atoms with van der Waals surface area (Å²) >= 11 is 5.89. The molecule has 29 heavy (non-hydrogen) atoms. The van der Waals surface area contributed by atoms with Gasteiger partial charge in [-0.25, -0.2) is 4.79 Å². The largest absolute Gasteiger partial charge is 0.859 e. The molecule has 0 bridgehead atoms. The van der Waals surface area contributed by atoms with Crippen molar-refractivity contribution in [1.29, 1.82) is 0 Å². The lowest BCUT2D eigenvalue weighted by Gasteiger charge is -2.23. The predicted molar refractivity (Wildman–Crippen MR) is 113 cm³/mol. The first-order valence-corrected chi connectivity index (χ1v) is 10.6. The van der Waals surface area contributed by atoms with Gasteiger partial charge in [-0.1, -0.05) is 18.5 Å². The SMILES string of the molecule is CCC(=NCCC[NH+]1CCCCC1)c1c([O-])n(-c2ccc(Cl)cc2)c(=O)[nH]c1=O. The van der Waals surface area contributed by atoms with Gasteiger partial charge in [-0.2, -0.15) is 0 Å². The number of H-pyrrole nitrogens is 1. The molecule has 0 radical (unpaired) electrons. The Hall–Kier alpha value is -2.38. The molecule has 156 valence electrons. The maximum Gasteiger partial charge on any atom is 0.332 e. The van der Waals surface area contributed by atoms with Gasteiger partial charge in [0.15, 0.2) is 0 Å². The van der Waals surface area contributed by atoms with E-state index >= 15 is 0 Å². The predicted octanol–water partition coefficient (Wildman–Crippen LogP) is 0.911. The molecule has 1 aliphatic rings. The molecule has 1 saturated heterocycles. The fourth-order valence-electron chi connectivity index (χ4n) is 3.81. The highest BCUT2D eigenvalue weighted by atomic mass is 35.5. The Morgan fingerprint density at radius 1 is 1.21 bits per heavy atom. The highest BCUT2D eigenvalue weighted by Crippen LogP contribution is 2.18. The number of quaternary nitrogens is 1. The summed E-state index contributed by atoms with van der Waals surface area (Å²) in [5, 5.41) is 13.5. The average Bonchev–Trinajstić information content (AvgIpc) is 2.71. The van der Waals surface area contributed by atoms with Crippen molar-refractivity contribution in [3.63, 3.8) is 0 Å². The lowest BCUT2D eigenvalue weighted by atomic mass is 10.1. The summed E-state index contributed by atoms with van der Waals surface area (Å²) in [6.07, 6.45) is 5.22. The molecule has 7 nitrogen and oxygen atoms in total. The van der Waals surface area contributed by atoms with Crippen LogP contribution in [0.1, 0.15) is 44.6 Å². The smallest absolute Gasteiger partial charge is 0.332 e. The fraction of sp³-hybridized carbons (Fsp3) is 0.476. The van der Waals surface area contributed by atoms with Crippen LogP contribution in [-0.2, 0) is 0 Å². The van der Waals surface area contributed by atoms with Gasteiger partial charge in [0.05, 0.1) is 25.2 Å². The zero-order valence-corrected chi connectivity index (χ0v) is 17.4. The number of piperidine rings is 1. The first-order chi connectivity index (χ1) is 14.0. The van der Waals surface area contributed by atoms with Crippen LogP contribution in [0.2, 0.25) is 5.02 Å². The van der Waals surface area contributed by atoms with E-state index in [0.29, 0.717) is 29.4 Å². The van der Waals surface area contributed by atoms with E-state index in [2.05, 4.69) is 9.98 Å². The molecule has 1 aromatic carbocycles. The van der Waals surface area contributed by atoms with Crippen LogP contribution in [0, 0.1) is 0 Å². The van der Waals surface area contributed by atoms with Gasteiger partial charge in [-0.05, 0) is 55.8 Å². The van der Waals surface area contributed by atoms with Crippen molar-refractivity contribution in [2.24, 2.45) is 4.99 Å². The molecular formula is C21H27ClN4O3. The first-order valence-electron chi connectivity index (χ1n) is 10.2. The summed E-state index contributed by atoms with van der Waals surface area (Å²) in [7, 11) is 0. The molecule has 0 unspecified atom stereocenters. The van der Waals surface area contributed by atoms with Crippen LogP contribution in [0.4, 0.5) is 0 Å². The van der Waals surface area contributed by atoms with E-state index in [1.807, 2.05) is 6.92 Å². The third kappa shape index (κ3) is 5.16. The van der Waals surface area contributed by atoms with Crippen LogP contribution in [0.15, 0.2) is 38.8 Å². The highest BCUT2D eigenvalue weighted by Gasteiger charge is 2.15. The molecule has 1 aromatic heterocycles. The monoisotopic (exact) mass is 418 g/mol. The second-order valence-electron chi connectivity index (χ2n) is 7.35. The van der Waals surface area contributed by atoms with Gasteiger partial charge >= 0.3 is 5.69 Å². The molecule has 2 aromatic rings. The molecule has 1 fully saturated rings. The topological polar surface area (TPSA) is 94.7 Å². The van der Waals surface area contributed by atoms with Crippen LogP contribution in [0.25, 0.3) is 5.69 Å². The molecule has 0 atom stereocenters. The quantitative estimate of drug-likeness (QED) is 0.517. The lowest BCUT2D eigenvalue weighted by molar-refractivity contribution is -0.904. The van der Waals surface area contributed by atoms with Crippen molar-refractivity contribution in [2.45, 2.75) is 39.0 Å². The van der Waals surface area contributed by atoms with E-state index < -0.39 is 17.1 Å². The van der Waals surface area contributed by atoms with E-state index in [1.54, 1.807) is 29.2 Å². The van der Waals surface area contributed by atoms with E-state index in [9.17, 15) is 14.7 Å². The Kier molecular flexibility index (Phi) is 7.28. The first kappa shape index (κ1) is 21.3. The summed E-state index contributed by atoms with van der Waals surface area (Å²) in [5.41, 5.74) is -0.728. The van der Waals surface area contributed by atoms with Gasteiger partial charge < -0.3 is 10.0 Å². The minimum atomic E-state index is -0.768. The third-order valence-corrected chi connectivity index (χ3v) is 5.58. The number of hydrogen-bond acceptors (Lipinski definition) is 4. The van der Waals surface area contributed by atoms with Gasteiger partial charge in [0, 0.05) is 29.4 Å². The van der Waals surface area contributed by atoms with Gasteiger partial charge in [-0.3, -0.25) is 19.3 Å². The highest BCUT2D eigenvalue weighted by molar-refractivity contribution is 6.30. The van der Waals surface area contributed by atoms with Crippen molar-refractivity contribution in [1.82, 2.24) is 9.55 Å². The van der Waals surface area contributed by atoms with E-state index in [4.69, 9.17) is 11.6 Å². The Morgan fingerprint density at radius 2 is 1.90 bits per heavy atom. The van der Waals surface area contributed by atoms with Gasteiger partial charge in [0.1, 0.15) is 0 Å². The number of aromatic nitrogens is 2. The Morgan fingerprint density at radius 3 is 2.55 bits per heavy atom. The van der Waals surface area contributed by atoms with Gasteiger partial charge in [-0.15, -0.1) is 0 Å². The van der Waals surface area contributed by atoms with Crippen LogP contribution in [0.3, 0.4) is 0 Å². The van der Waals surface area contributed by atoms with Crippen LogP contribution in [-0.4, -0.2) is 41.4 Å². The fourth-order valence-corrected chi connectivity index (χ4v) is 3.93. The minimum absolute atomic E-state index is 0.0626. The molecule has 0 saturated carbocycles. The number of aromatic amines is 1. The molecule has 1 aliphatic heterocycles. The maximum atomic E-state index is 13.0. The third-order valence-electron chi connectivity index (χ3n) is 5.33. The van der Waals surface area contributed by atoms with Crippen LogP contribution < -0.4 is 21.3 Å².